The normalized spacial score (nSPS) is 32.3. The van der Waals surface area contributed by atoms with Gasteiger partial charge in [0.15, 0.2) is 0 Å². The molecule has 1 aromatic rings. The maximum absolute atomic E-state index is 12.8. The first-order valence-electron chi connectivity index (χ1n) is 8.41. The summed E-state index contributed by atoms with van der Waals surface area (Å²) in [5.74, 6) is 0.809. The molecule has 4 nitrogen and oxygen atoms in total. The van der Waals surface area contributed by atoms with E-state index in [2.05, 4.69) is 0 Å². The monoisotopic (exact) mass is 348 g/mol. The van der Waals surface area contributed by atoms with E-state index in [0.29, 0.717) is 12.2 Å². The number of Topliss-reactive ketones (excluding diaryl/α,β-unsaturated/α-hetero) is 1. The van der Waals surface area contributed by atoms with Gasteiger partial charge in [-0.3, -0.25) is 9.59 Å². The number of carbonyl (C=O) groups is 2. The van der Waals surface area contributed by atoms with E-state index in [1.54, 1.807) is 18.9 Å². The van der Waals surface area contributed by atoms with E-state index in [4.69, 9.17) is 9.47 Å². The minimum Gasteiger partial charge on any atom is -0.497 e. The van der Waals surface area contributed by atoms with Gasteiger partial charge in [-0.25, -0.2) is 0 Å². The van der Waals surface area contributed by atoms with Crippen LogP contribution in [0.2, 0.25) is 0 Å². The van der Waals surface area contributed by atoms with Gasteiger partial charge in [0.2, 0.25) is 0 Å². The first kappa shape index (κ1) is 17.3. The Morgan fingerprint density at radius 1 is 1.25 bits per heavy atom. The largest absolute Gasteiger partial charge is 0.497 e. The van der Waals surface area contributed by atoms with Crippen molar-refractivity contribution in [2.24, 2.45) is 17.3 Å². The molecule has 0 saturated heterocycles. The third kappa shape index (κ3) is 2.94. The van der Waals surface area contributed by atoms with Gasteiger partial charge in [-0.2, -0.15) is 0 Å². The number of esters is 1. The van der Waals surface area contributed by atoms with Gasteiger partial charge in [0.25, 0.3) is 0 Å². The molecular formula is C19H24O4S. The molecule has 0 heterocycles. The van der Waals surface area contributed by atoms with Crippen LogP contribution in [0.1, 0.15) is 32.6 Å². The SMILES string of the molecule is COC(=O)[C@H]1C(Sc2ccc(OC)cc2)CC(=O)[C@@]2(C)CCC[C@H]12. The lowest BCUT2D eigenvalue weighted by molar-refractivity contribution is -0.153. The number of ketones is 1. The van der Waals surface area contributed by atoms with Gasteiger partial charge in [0.1, 0.15) is 11.5 Å². The van der Waals surface area contributed by atoms with Crippen LogP contribution in [0.4, 0.5) is 0 Å². The molecule has 0 aromatic heterocycles. The molecule has 0 bridgehead atoms. The summed E-state index contributed by atoms with van der Waals surface area (Å²) in [5.41, 5.74) is -0.351. The lowest BCUT2D eigenvalue weighted by atomic mass is 9.63. The highest BCUT2D eigenvalue weighted by molar-refractivity contribution is 8.00. The highest BCUT2D eigenvalue weighted by Gasteiger charge is 2.56. The van der Waals surface area contributed by atoms with E-state index in [1.807, 2.05) is 31.2 Å². The highest BCUT2D eigenvalue weighted by atomic mass is 32.2. The standard InChI is InChI=1S/C19H24O4S/c1-19-10-4-5-14(19)17(18(21)23-3)15(11-16(19)20)24-13-8-6-12(22-2)7-9-13/h6-9,14-15,17H,4-5,10-11H2,1-3H3/t14-,15?,17-,19+/m1/s1. The molecule has 2 aliphatic rings. The Labute approximate surface area is 147 Å². The number of thioether (sulfide) groups is 1. The molecule has 24 heavy (non-hydrogen) atoms. The summed E-state index contributed by atoms with van der Waals surface area (Å²) >= 11 is 1.61. The summed E-state index contributed by atoms with van der Waals surface area (Å²) in [6.45, 7) is 2.04. The molecule has 1 aromatic carbocycles. The van der Waals surface area contributed by atoms with E-state index >= 15 is 0 Å². The fraction of sp³-hybridized carbons (Fsp3) is 0.579. The minimum atomic E-state index is -0.351. The van der Waals surface area contributed by atoms with Gasteiger partial charge >= 0.3 is 5.97 Å². The number of benzene rings is 1. The Morgan fingerprint density at radius 3 is 2.58 bits per heavy atom. The Kier molecular flexibility index (Phi) is 4.90. The molecule has 5 heteroatoms. The van der Waals surface area contributed by atoms with E-state index < -0.39 is 0 Å². The van der Waals surface area contributed by atoms with Crippen LogP contribution < -0.4 is 4.74 Å². The van der Waals surface area contributed by atoms with Crippen LogP contribution in [-0.4, -0.2) is 31.2 Å². The molecule has 2 aliphatic carbocycles. The van der Waals surface area contributed by atoms with Crippen LogP contribution in [0, 0.1) is 17.3 Å². The van der Waals surface area contributed by atoms with Crippen molar-refractivity contribution in [1.29, 1.82) is 0 Å². The summed E-state index contributed by atoms with van der Waals surface area (Å²) in [4.78, 5) is 26.3. The van der Waals surface area contributed by atoms with Crippen LogP contribution in [0.15, 0.2) is 29.2 Å². The van der Waals surface area contributed by atoms with Crippen molar-refractivity contribution >= 4 is 23.5 Å². The number of methoxy groups -OCH3 is 2. The van der Waals surface area contributed by atoms with Crippen LogP contribution in [0.5, 0.6) is 5.75 Å². The van der Waals surface area contributed by atoms with Crippen molar-refractivity contribution in [2.45, 2.75) is 42.8 Å². The second-order valence-electron chi connectivity index (χ2n) is 6.92. The smallest absolute Gasteiger partial charge is 0.310 e. The maximum Gasteiger partial charge on any atom is 0.310 e. The summed E-state index contributed by atoms with van der Waals surface area (Å²) in [6, 6.07) is 7.76. The molecular weight excluding hydrogens is 324 g/mol. The van der Waals surface area contributed by atoms with E-state index in [-0.39, 0.29) is 28.5 Å². The average Bonchev–Trinajstić information content (AvgIpc) is 2.99. The van der Waals surface area contributed by atoms with E-state index in [1.165, 1.54) is 7.11 Å². The number of fused-ring (bicyclic) bond motifs is 1. The Bertz CT molecular complexity index is 627. The number of carbonyl (C=O) groups excluding carboxylic acids is 2. The summed E-state index contributed by atoms with van der Waals surface area (Å²) in [7, 11) is 3.08. The lowest BCUT2D eigenvalue weighted by Gasteiger charge is -2.43. The quantitative estimate of drug-likeness (QED) is 0.776. The highest BCUT2D eigenvalue weighted by Crippen LogP contribution is 2.55. The van der Waals surface area contributed by atoms with Crippen molar-refractivity contribution in [3.05, 3.63) is 24.3 Å². The van der Waals surface area contributed by atoms with E-state index in [9.17, 15) is 9.59 Å². The third-order valence-corrected chi connectivity index (χ3v) is 7.01. The number of hydrogen-bond donors (Lipinski definition) is 0. The molecule has 4 atom stereocenters. The topological polar surface area (TPSA) is 52.6 Å². The second kappa shape index (κ2) is 6.79. The lowest BCUT2D eigenvalue weighted by Crippen LogP contribution is -2.49. The Hall–Kier alpha value is -1.49. The van der Waals surface area contributed by atoms with Crippen LogP contribution >= 0.6 is 11.8 Å². The zero-order chi connectivity index (χ0) is 17.3. The molecule has 0 radical (unpaired) electrons. The van der Waals surface area contributed by atoms with Gasteiger partial charge in [-0.15, -0.1) is 11.8 Å². The van der Waals surface area contributed by atoms with Crippen LogP contribution in [0.25, 0.3) is 0 Å². The fourth-order valence-corrected chi connectivity index (χ4v) is 5.64. The fourth-order valence-electron chi connectivity index (χ4n) is 4.31. The predicted octanol–water partition coefficient (Wildman–Crippen LogP) is 3.72. The molecule has 1 unspecified atom stereocenters. The predicted molar refractivity (Wildman–Crippen MR) is 93.2 cm³/mol. The molecule has 0 N–H and O–H groups in total. The molecule has 130 valence electrons. The summed E-state index contributed by atoms with van der Waals surface area (Å²) in [6.07, 6.45) is 3.27. The second-order valence-corrected chi connectivity index (χ2v) is 8.24. The molecule has 0 spiro atoms. The van der Waals surface area contributed by atoms with Crippen molar-refractivity contribution in [3.63, 3.8) is 0 Å². The zero-order valence-electron chi connectivity index (χ0n) is 14.4. The summed E-state index contributed by atoms with van der Waals surface area (Å²) in [5, 5.41) is -0.0606. The number of rotatable bonds is 4. The Morgan fingerprint density at radius 2 is 1.96 bits per heavy atom. The summed E-state index contributed by atoms with van der Waals surface area (Å²) < 4.78 is 10.3. The van der Waals surface area contributed by atoms with Gasteiger partial charge in [0.05, 0.1) is 20.1 Å². The van der Waals surface area contributed by atoms with Gasteiger partial charge in [-0.1, -0.05) is 13.3 Å². The van der Waals surface area contributed by atoms with Crippen LogP contribution in [-0.2, 0) is 14.3 Å². The van der Waals surface area contributed by atoms with Gasteiger partial charge in [0, 0.05) is 22.0 Å². The third-order valence-electron chi connectivity index (χ3n) is 5.71. The molecule has 3 rings (SSSR count). The number of ether oxygens (including phenoxy) is 2. The zero-order valence-corrected chi connectivity index (χ0v) is 15.2. The van der Waals surface area contributed by atoms with Crippen LogP contribution in [0.3, 0.4) is 0 Å². The maximum atomic E-state index is 12.8. The van der Waals surface area contributed by atoms with Crippen molar-refractivity contribution in [2.75, 3.05) is 14.2 Å². The van der Waals surface area contributed by atoms with Gasteiger partial charge < -0.3 is 9.47 Å². The molecule has 2 saturated carbocycles. The first-order chi connectivity index (χ1) is 11.5. The van der Waals surface area contributed by atoms with Crippen molar-refractivity contribution in [3.8, 4) is 5.75 Å². The first-order valence-corrected chi connectivity index (χ1v) is 9.29. The van der Waals surface area contributed by atoms with Gasteiger partial charge in [-0.05, 0) is 43.0 Å². The Balaban J connectivity index is 1.86. The molecule has 2 fully saturated rings. The minimum absolute atomic E-state index is 0.0606. The average molecular weight is 348 g/mol. The van der Waals surface area contributed by atoms with E-state index in [0.717, 1.165) is 29.9 Å². The number of hydrogen-bond acceptors (Lipinski definition) is 5. The molecule has 0 amide bonds. The van der Waals surface area contributed by atoms with Crippen molar-refractivity contribution < 1.29 is 19.1 Å². The molecule has 0 aliphatic heterocycles. The van der Waals surface area contributed by atoms with Crippen molar-refractivity contribution in [1.82, 2.24) is 0 Å².